The average Bonchev–Trinajstić information content (AvgIpc) is 2.98. The molecule has 0 radical (unpaired) electrons. The molecule has 0 bridgehead atoms. The smallest absolute Gasteiger partial charge is 0.138 e. The fraction of sp³-hybridized carbons (Fsp3) is 0.300. The van der Waals surface area contributed by atoms with Gasteiger partial charge in [0, 0.05) is 10.9 Å². The number of hydrogen-bond donors (Lipinski definition) is 1. The summed E-state index contributed by atoms with van der Waals surface area (Å²) in [7, 11) is 0. The van der Waals surface area contributed by atoms with E-state index in [1.807, 2.05) is 55.5 Å². The van der Waals surface area contributed by atoms with Gasteiger partial charge in [-0.2, -0.15) is 0 Å². The standard InChI is InChI=1S/C20H22ClNO2/c1-14-8-10-16(24-14)12-22-20(2,3)13-23-18-11-9-15-6-4-5-7-17(15)19(18)21/h4-11,22H,12-13H2,1-3H3. The third kappa shape index (κ3) is 3.92. The van der Waals surface area contributed by atoms with Gasteiger partial charge < -0.3 is 14.5 Å². The Kier molecular flexibility index (Phi) is 4.83. The largest absolute Gasteiger partial charge is 0.490 e. The number of halogens is 1. The first-order valence-corrected chi connectivity index (χ1v) is 8.43. The fourth-order valence-electron chi connectivity index (χ4n) is 2.54. The van der Waals surface area contributed by atoms with Crippen molar-refractivity contribution >= 4 is 22.4 Å². The molecule has 0 saturated heterocycles. The molecule has 0 aliphatic heterocycles. The summed E-state index contributed by atoms with van der Waals surface area (Å²) in [5, 5.41) is 6.23. The van der Waals surface area contributed by atoms with Crippen molar-refractivity contribution in [3.05, 3.63) is 65.1 Å². The van der Waals surface area contributed by atoms with Crippen molar-refractivity contribution in [3.63, 3.8) is 0 Å². The lowest BCUT2D eigenvalue weighted by atomic mass is 10.1. The van der Waals surface area contributed by atoms with Crippen LogP contribution in [-0.2, 0) is 6.54 Å². The first kappa shape index (κ1) is 16.9. The summed E-state index contributed by atoms with van der Waals surface area (Å²) in [6, 6.07) is 15.9. The zero-order chi connectivity index (χ0) is 17.2. The predicted octanol–water partition coefficient (Wildman–Crippen LogP) is 5.34. The number of nitrogens with one attached hydrogen (secondary N) is 1. The molecule has 0 saturated carbocycles. The van der Waals surface area contributed by atoms with Crippen LogP contribution in [0.2, 0.25) is 5.02 Å². The summed E-state index contributed by atoms with van der Waals surface area (Å²) >= 11 is 6.49. The van der Waals surface area contributed by atoms with E-state index in [0.717, 1.165) is 22.3 Å². The van der Waals surface area contributed by atoms with Gasteiger partial charge in [-0.05, 0) is 44.4 Å². The van der Waals surface area contributed by atoms with Crippen molar-refractivity contribution in [1.82, 2.24) is 5.32 Å². The van der Waals surface area contributed by atoms with Crippen molar-refractivity contribution in [2.24, 2.45) is 0 Å². The third-order valence-corrected chi connectivity index (χ3v) is 4.34. The highest BCUT2D eigenvalue weighted by molar-refractivity contribution is 6.37. The number of aryl methyl sites for hydroxylation is 1. The normalized spacial score (nSPS) is 11.8. The van der Waals surface area contributed by atoms with Crippen LogP contribution >= 0.6 is 11.6 Å². The molecule has 0 aliphatic rings. The van der Waals surface area contributed by atoms with Crippen molar-refractivity contribution in [3.8, 4) is 5.75 Å². The second-order valence-electron chi connectivity index (χ2n) is 6.64. The summed E-state index contributed by atoms with van der Waals surface area (Å²) < 4.78 is 11.6. The van der Waals surface area contributed by atoms with Gasteiger partial charge in [-0.15, -0.1) is 0 Å². The SMILES string of the molecule is Cc1ccc(CNC(C)(C)COc2ccc3ccccc3c2Cl)o1. The van der Waals surface area contributed by atoms with Crippen LogP contribution in [0.4, 0.5) is 0 Å². The van der Waals surface area contributed by atoms with Crippen LogP contribution in [0.3, 0.4) is 0 Å². The van der Waals surface area contributed by atoms with E-state index < -0.39 is 0 Å². The Labute approximate surface area is 147 Å². The Morgan fingerprint density at radius 2 is 1.88 bits per heavy atom. The van der Waals surface area contributed by atoms with Crippen molar-refractivity contribution < 1.29 is 9.15 Å². The molecule has 2 aromatic carbocycles. The molecule has 1 N–H and O–H groups in total. The van der Waals surface area contributed by atoms with Crippen molar-refractivity contribution in [2.45, 2.75) is 32.9 Å². The number of fused-ring (bicyclic) bond motifs is 1. The van der Waals surface area contributed by atoms with Crippen LogP contribution in [0, 0.1) is 6.92 Å². The molecule has 0 spiro atoms. The molecule has 24 heavy (non-hydrogen) atoms. The molecule has 0 atom stereocenters. The summed E-state index contributed by atoms with van der Waals surface area (Å²) in [6.07, 6.45) is 0. The van der Waals surface area contributed by atoms with Crippen LogP contribution in [0.1, 0.15) is 25.4 Å². The van der Waals surface area contributed by atoms with E-state index in [9.17, 15) is 0 Å². The maximum Gasteiger partial charge on any atom is 0.138 e. The van der Waals surface area contributed by atoms with Crippen LogP contribution in [-0.4, -0.2) is 12.1 Å². The van der Waals surface area contributed by atoms with Crippen molar-refractivity contribution in [1.29, 1.82) is 0 Å². The van der Waals surface area contributed by atoms with E-state index in [1.54, 1.807) is 0 Å². The van der Waals surface area contributed by atoms with E-state index in [-0.39, 0.29) is 5.54 Å². The van der Waals surface area contributed by atoms with Gasteiger partial charge >= 0.3 is 0 Å². The minimum absolute atomic E-state index is 0.213. The lowest BCUT2D eigenvalue weighted by Crippen LogP contribution is -2.44. The summed E-state index contributed by atoms with van der Waals surface area (Å²) in [6.45, 7) is 7.30. The Bertz CT molecular complexity index is 839. The fourth-order valence-corrected chi connectivity index (χ4v) is 2.83. The lowest BCUT2D eigenvalue weighted by Gasteiger charge is -2.26. The minimum Gasteiger partial charge on any atom is -0.490 e. The molecule has 0 unspecified atom stereocenters. The lowest BCUT2D eigenvalue weighted by molar-refractivity contribution is 0.204. The van der Waals surface area contributed by atoms with Gasteiger partial charge in [-0.1, -0.05) is 41.9 Å². The number of benzene rings is 2. The second kappa shape index (κ2) is 6.88. The Balaban J connectivity index is 1.64. The predicted molar refractivity (Wildman–Crippen MR) is 98.8 cm³/mol. The maximum absolute atomic E-state index is 6.49. The van der Waals surface area contributed by atoms with Gasteiger partial charge in [0.05, 0.1) is 11.6 Å². The van der Waals surface area contributed by atoms with Crippen LogP contribution in [0.15, 0.2) is 52.9 Å². The third-order valence-electron chi connectivity index (χ3n) is 3.95. The molecule has 1 heterocycles. The van der Waals surface area contributed by atoms with Gasteiger partial charge in [-0.3, -0.25) is 0 Å². The molecular formula is C20H22ClNO2. The number of hydrogen-bond acceptors (Lipinski definition) is 3. The van der Waals surface area contributed by atoms with Gasteiger partial charge in [-0.25, -0.2) is 0 Å². The Morgan fingerprint density at radius 3 is 2.62 bits per heavy atom. The minimum atomic E-state index is -0.213. The first-order valence-electron chi connectivity index (χ1n) is 8.05. The van der Waals surface area contributed by atoms with Gasteiger partial charge in [0.1, 0.15) is 23.9 Å². The highest BCUT2D eigenvalue weighted by Crippen LogP contribution is 2.33. The van der Waals surface area contributed by atoms with Crippen LogP contribution < -0.4 is 10.1 Å². The highest BCUT2D eigenvalue weighted by Gasteiger charge is 2.19. The summed E-state index contributed by atoms with van der Waals surface area (Å²) in [5.41, 5.74) is -0.213. The van der Waals surface area contributed by atoms with E-state index in [4.69, 9.17) is 20.8 Å². The number of rotatable bonds is 6. The van der Waals surface area contributed by atoms with Gasteiger partial charge in [0.25, 0.3) is 0 Å². The van der Waals surface area contributed by atoms with E-state index >= 15 is 0 Å². The van der Waals surface area contributed by atoms with Crippen molar-refractivity contribution in [2.75, 3.05) is 6.61 Å². The Morgan fingerprint density at radius 1 is 1.08 bits per heavy atom. The van der Waals surface area contributed by atoms with Crippen LogP contribution in [0.5, 0.6) is 5.75 Å². The zero-order valence-electron chi connectivity index (χ0n) is 14.2. The molecular weight excluding hydrogens is 322 g/mol. The quantitative estimate of drug-likeness (QED) is 0.655. The summed E-state index contributed by atoms with van der Waals surface area (Å²) in [4.78, 5) is 0. The summed E-state index contributed by atoms with van der Waals surface area (Å²) in [5.74, 6) is 2.55. The molecule has 3 rings (SSSR count). The maximum atomic E-state index is 6.49. The van der Waals surface area contributed by atoms with E-state index in [1.165, 1.54) is 0 Å². The van der Waals surface area contributed by atoms with E-state index in [0.29, 0.717) is 23.9 Å². The number of ether oxygens (including phenoxy) is 1. The monoisotopic (exact) mass is 343 g/mol. The molecule has 0 aliphatic carbocycles. The Hall–Kier alpha value is -1.97. The molecule has 0 amide bonds. The molecule has 3 aromatic rings. The van der Waals surface area contributed by atoms with Gasteiger partial charge in [0.15, 0.2) is 0 Å². The first-order chi connectivity index (χ1) is 11.4. The number of furan rings is 1. The molecule has 1 aromatic heterocycles. The topological polar surface area (TPSA) is 34.4 Å². The molecule has 3 nitrogen and oxygen atoms in total. The highest BCUT2D eigenvalue weighted by atomic mass is 35.5. The zero-order valence-corrected chi connectivity index (χ0v) is 15.0. The average molecular weight is 344 g/mol. The molecule has 126 valence electrons. The molecule has 0 fully saturated rings. The van der Waals surface area contributed by atoms with Gasteiger partial charge in [0.2, 0.25) is 0 Å². The molecule has 4 heteroatoms. The van der Waals surface area contributed by atoms with E-state index in [2.05, 4.69) is 19.2 Å². The second-order valence-corrected chi connectivity index (χ2v) is 7.02. The van der Waals surface area contributed by atoms with Crippen LogP contribution in [0.25, 0.3) is 10.8 Å².